The molecule has 0 unspecified atom stereocenters. The minimum atomic E-state index is 0. The van der Waals surface area contributed by atoms with Crippen LogP contribution in [0.3, 0.4) is 0 Å². The van der Waals surface area contributed by atoms with Crippen molar-refractivity contribution in [2.75, 3.05) is 39.9 Å². The highest BCUT2D eigenvalue weighted by Gasteiger charge is 2.18. The first-order valence-corrected chi connectivity index (χ1v) is 7.51. The number of nitrogens with zero attached hydrogens (tertiary/aromatic N) is 2. The van der Waals surface area contributed by atoms with E-state index in [0.29, 0.717) is 0 Å². The molecule has 0 spiro atoms. The summed E-state index contributed by atoms with van der Waals surface area (Å²) in [6, 6.07) is 0. The van der Waals surface area contributed by atoms with Crippen molar-refractivity contribution in [3.8, 4) is 0 Å². The normalized spacial score (nSPS) is 21.2. The summed E-state index contributed by atoms with van der Waals surface area (Å²) < 4.78 is 5.32. The van der Waals surface area contributed by atoms with E-state index < -0.39 is 0 Å². The van der Waals surface area contributed by atoms with Crippen molar-refractivity contribution in [1.82, 2.24) is 10.2 Å². The highest BCUT2D eigenvalue weighted by atomic mass is 127. The second kappa shape index (κ2) is 9.60. The number of likely N-dealkylation sites (tertiary alicyclic amines) is 1. The summed E-state index contributed by atoms with van der Waals surface area (Å²) in [5.74, 6) is 1.93. The predicted molar refractivity (Wildman–Crippen MR) is 94.9 cm³/mol. The summed E-state index contributed by atoms with van der Waals surface area (Å²) in [7, 11) is 1.88. The average molecular weight is 393 g/mol. The molecule has 0 bridgehead atoms. The van der Waals surface area contributed by atoms with Crippen LogP contribution in [0.4, 0.5) is 0 Å². The smallest absolute Gasteiger partial charge is 0.193 e. The molecule has 4 nitrogen and oxygen atoms in total. The van der Waals surface area contributed by atoms with Crippen molar-refractivity contribution in [2.24, 2.45) is 10.9 Å². The first kappa shape index (κ1) is 17.8. The molecule has 116 valence electrons. The van der Waals surface area contributed by atoms with Crippen molar-refractivity contribution in [2.45, 2.75) is 32.6 Å². The Hall–Kier alpha value is -0.300. The Labute approximate surface area is 140 Å². The maximum atomic E-state index is 5.32. The van der Waals surface area contributed by atoms with Crippen molar-refractivity contribution in [3.05, 3.63) is 11.6 Å². The molecule has 2 rings (SSSR count). The summed E-state index contributed by atoms with van der Waals surface area (Å²) in [5.41, 5.74) is 1.52. The molecule has 20 heavy (non-hydrogen) atoms. The lowest BCUT2D eigenvalue weighted by atomic mass is 9.99. The fourth-order valence-corrected chi connectivity index (χ4v) is 2.68. The van der Waals surface area contributed by atoms with Crippen LogP contribution in [0.5, 0.6) is 0 Å². The standard InChI is InChI=1S/C15H27N3O.HI/c1-13-4-9-18(10-5-13)15(16-2)17-8-3-14-6-11-19-12-7-14;/h6,13H,3-5,7-12H2,1-2H3,(H,16,17);1H. The number of ether oxygens (including phenoxy) is 1. The van der Waals surface area contributed by atoms with E-state index in [0.717, 1.165) is 57.6 Å². The zero-order chi connectivity index (χ0) is 13.5. The number of piperidine rings is 1. The Morgan fingerprint density at radius 3 is 2.80 bits per heavy atom. The predicted octanol–water partition coefficient (Wildman–Crippen LogP) is 2.65. The van der Waals surface area contributed by atoms with Crippen LogP contribution in [0, 0.1) is 5.92 Å². The molecule has 1 fully saturated rings. The van der Waals surface area contributed by atoms with Gasteiger partial charge in [-0.15, -0.1) is 24.0 Å². The topological polar surface area (TPSA) is 36.9 Å². The quantitative estimate of drug-likeness (QED) is 0.347. The van der Waals surface area contributed by atoms with Gasteiger partial charge in [-0.1, -0.05) is 18.6 Å². The van der Waals surface area contributed by atoms with Gasteiger partial charge in [0, 0.05) is 26.7 Å². The molecule has 0 atom stereocenters. The molecule has 2 aliphatic heterocycles. The lowest BCUT2D eigenvalue weighted by Gasteiger charge is -2.33. The summed E-state index contributed by atoms with van der Waals surface area (Å²) in [5, 5.41) is 3.50. The van der Waals surface area contributed by atoms with Crippen molar-refractivity contribution < 1.29 is 4.74 Å². The number of hydrogen-bond donors (Lipinski definition) is 1. The van der Waals surface area contributed by atoms with Crippen LogP contribution >= 0.6 is 24.0 Å². The first-order chi connectivity index (χ1) is 9.29. The molecule has 1 saturated heterocycles. The van der Waals surface area contributed by atoms with Gasteiger partial charge in [-0.05, 0) is 31.6 Å². The monoisotopic (exact) mass is 393 g/mol. The highest BCUT2D eigenvalue weighted by molar-refractivity contribution is 14.0. The Kier molecular flexibility index (Phi) is 8.52. The van der Waals surface area contributed by atoms with Gasteiger partial charge < -0.3 is 15.0 Å². The molecule has 0 amide bonds. The van der Waals surface area contributed by atoms with E-state index in [1.54, 1.807) is 0 Å². The van der Waals surface area contributed by atoms with Gasteiger partial charge in [0.25, 0.3) is 0 Å². The minimum Gasteiger partial charge on any atom is -0.377 e. The van der Waals surface area contributed by atoms with E-state index in [4.69, 9.17) is 4.74 Å². The molecule has 0 aromatic rings. The van der Waals surface area contributed by atoms with E-state index >= 15 is 0 Å². The lowest BCUT2D eigenvalue weighted by molar-refractivity contribution is 0.153. The van der Waals surface area contributed by atoms with E-state index in [2.05, 4.69) is 28.2 Å². The van der Waals surface area contributed by atoms with E-state index in [1.807, 2.05) is 7.05 Å². The Morgan fingerprint density at radius 1 is 1.45 bits per heavy atom. The van der Waals surface area contributed by atoms with Crippen LogP contribution < -0.4 is 5.32 Å². The third-order valence-corrected chi connectivity index (χ3v) is 4.08. The van der Waals surface area contributed by atoms with E-state index in [9.17, 15) is 0 Å². The third kappa shape index (κ3) is 5.60. The maximum absolute atomic E-state index is 5.32. The molecule has 0 radical (unpaired) electrons. The fraction of sp³-hybridized carbons (Fsp3) is 0.800. The summed E-state index contributed by atoms with van der Waals surface area (Å²) >= 11 is 0. The van der Waals surface area contributed by atoms with Crippen LogP contribution in [-0.4, -0.2) is 50.8 Å². The van der Waals surface area contributed by atoms with Crippen LogP contribution in [-0.2, 0) is 4.74 Å². The van der Waals surface area contributed by atoms with Crippen molar-refractivity contribution in [3.63, 3.8) is 0 Å². The van der Waals surface area contributed by atoms with Crippen LogP contribution in [0.25, 0.3) is 0 Å². The molecule has 2 heterocycles. The highest BCUT2D eigenvalue weighted by Crippen LogP contribution is 2.16. The SMILES string of the molecule is CN=C(NCCC1=CCOCC1)N1CCC(C)CC1.I. The van der Waals surface area contributed by atoms with E-state index in [-0.39, 0.29) is 24.0 Å². The zero-order valence-corrected chi connectivity index (χ0v) is 15.1. The Bertz CT molecular complexity index is 336. The zero-order valence-electron chi connectivity index (χ0n) is 12.7. The van der Waals surface area contributed by atoms with Gasteiger partial charge in [0.05, 0.1) is 13.2 Å². The molecule has 0 saturated carbocycles. The van der Waals surface area contributed by atoms with Gasteiger partial charge in [0.2, 0.25) is 0 Å². The van der Waals surface area contributed by atoms with Gasteiger partial charge in [0.15, 0.2) is 5.96 Å². The number of rotatable bonds is 3. The second-order valence-electron chi connectivity index (χ2n) is 5.58. The molecular weight excluding hydrogens is 365 g/mol. The van der Waals surface area contributed by atoms with Crippen molar-refractivity contribution >= 4 is 29.9 Å². The number of nitrogens with one attached hydrogen (secondary N) is 1. The largest absolute Gasteiger partial charge is 0.377 e. The van der Waals surface area contributed by atoms with Gasteiger partial charge in [-0.25, -0.2) is 0 Å². The maximum Gasteiger partial charge on any atom is 0.193 e. The fourth-order valence-electron chi connectivity index (χ4n) is 2.68. The number of guanidine groups is 1. The molecule has 2 aliphatic rings. The molecule has 0 aromatic heterocycles. The summed E-state index contributed by atoms with van der Waals surface area (Å²) in [4.78, 5) is 6.79. The number of aliphatic imine (C=N–C) groups is 1. The van der Waals surface area contributed by atoms with E-state index in [1.165, 1.54) is 18.4 Å². The number of halogens is 1. The number of hydrogen-bond acceptors (Lipinski definition) is 2. The first-order valence-electron chi connectivity index (χ1n) is 7.51. The van der Waals surface area contributed by atoms with Gasteiger partial charge in [-0.2, -0.15) is 0 Å². The molecular formula is C15H28IN3O. The van der Waals surface area contributed by atoms with Crippen molar-refractivity contribution in [1.29, 1.82) is 0 Å². The lowest BCUT2D eigenvalue weighted by Crippen LogP contribution is -2.45. The van der Waals surface area contributed by atoms with Gasteiger partial charge in [-0.3, -0.25) is 4.99 Å². The molecule has 5 heteroatoms. The molecule has 1 N–H and O–H groups in total. The summed E-state index contributed by atoms with van der Waals surface area (Å²) in [6.45, 7) is 7.25. The molecule has 0 aliphatic carbocycles. The minimum absolute atomic E-state index is 0. The van der Waals surface area contributed by atoms with Gasteiger partial charge in [0.1, 0.15) is 0 Å². The third-order valence-electron chi connectivity index (χ3n) is 4.08. The van der Waals surface area contributed by atoms with Crippen LogP contribution in [0.1, 0.15) is 32.6 Å². The van der Waals surface area contributed by atoms with Gasteiger partial charge >= 0.3 is 0 Å². The van der Waals surface area contributed by atoms with Crippen LogP contribution in [0.2, 0.25) is 0 Å². The average Bonchev–Trinajstić information content (AvgIpc) is 2.46. The Balaban J connectivity index is 0.00000200. The summed E-state index contributed by atoms with van der Waals surface area (Å²) in [6.07, 6.45) is 6.97. The van der Waals surface area contributed by atoms with Crippen LogP contribution in [0.15, 0.2) is 16.6 Å². The Morgan fingerprint density at radius 2 is 2.20 bits per heavy atom. The second-order valence-corrected chi connectivity index (χ2v) is 5.58. The molecule has 0 aromatic carbocycles.